The van der Waals surface area contributed by atoms with Crippen molar-refractivity contribution in [2.24, 2.45) is 12.5 Å². The lowest BCUT2D eigenvalue weighted by Gasteiger charge is -2.46. The van der Waals surface area contributed by atoms with Gasteiger partial charge in [-0.3, -0.25) is 48.8 Å². The second-order valence-corrected chi connectivity index (χ2v) is 20.4. The first-order chi connectivity index (χ1) is 33.7. The highest BCUT2D eigenvalue weighted by Crippen LogP contribution is 2.40. The molecule has 3 atom stereocenters. The molecule has 5 aromatic rings. The molecule has 362 valence electrons. The molecule has 6 aliphatic rings. The zero-order valence-electron chi connectivity index (χ0n) is 39.9. The summed E-state index contributed by atoms with van der Waals surface area (Å²) in [6, 6.07) is 16.8. The number of benzene rings is 2. The minimum absolute atomic E-state index is 0.0783. The number of hydrogen-bond acceptors (Lipinski definition) is 13. The van der Waals surface area contributed by atoms with Crippen LogP contribution in [0, 0.1) is 5.41 Å². The van der Waals surface area contributed by atoms with Crippen molar-refractivity contribution in [3.63, 3.8) is 0 Å². The van der Waals surface area contributed by atoms with E-state index in [9.17, 15) is 33.9 Å². The fourth-order valence-electron chi connectivity index (χ4n) is 11.8. The number of carbonyl (C=O) groups excluding carboxylic acids is 5. The highest BCUT2D eigenvalue weighted by atomic mass is 16.3. The average molecular weight is 948 g/mol. The molecule has 3 aromatic heterocycles. The van der Waals surface area contributed by atoms with Crippen LogP contribution in [0.2, 0.25) is 0 Å². The van der Waals surface area contributed by atoms with Gasteiger partial charge in [0.2, 0.25) is 11.8 Å². The number of imide groups is 2. The van der Waals surface area contributed by atoms with Gasteiger partial charge in [-0.1, -0.05) is 13.8 Å². The minimum Gasteiger partial charge on any atom is -0.392 e. The average Bonchev–Trinajstić information content (AvgIpc) is 3.94. The Kier molecular flexibility index (Phi) is 11.2. The van der Waals surface area contributed by atoms with Crippen molar-refractivity contribution in [1.82, 2.24) is 34.2 Å². The van der Waals surface area contributed by atoms with Gasteiger partial charge in [0.1, 0.15) is 17.6 Å². The quantitative estimate of drug-likeness (QED) is 0.178. The van der Waals surface area contributed by atoms with E-state index in [2.05, 4.69) is 67.8 Å². The summed E-state index contributed by atoms with van der Waals surface area (Å²) >= 11 is 0. The van der Waals surface area contributed by atoms with Gasteiger partial charge in [-0.15, -0.1) is 0 Å². The van der Waals surface area contributed by atoms with Gasteiger partial charge in [0.05, 0.1) is 23.4 Å². The molecule has 2 aromatic carbocycles. The molecule has 5 amide bonds. The van der Waals surface area contributed by atoms with Crippen molar-refractivity contribution in [3.05, 3.63) is 111 Å². The van der Waals surface area contributed by atoms with Gasteiger partial charge < -0.3 is 29.4 Å². The Morgan fingerprint density at radius 2 is 1.57 bits per heavy atom. The van der Waals surface area contributed by atoms with E-state index in [4.69, 9.17) is 4.98 Å². The summed E-state index contributed by atoms with van der Waals surface area (Å²) in [6.45, 7) is 11.6. The number of fused-ring (bicyclic) bond motifs is 4. The number of nitrogens with zero attached hydrogens (tertiary/aromatic N) is 9. The number of amides is 5. The number of hydrogen-bond donors (Lipinski definition) is 3. The number of aliphatic hydroxyl groups excluding tert-OH is 1. The number of pyridine rings is 1. The van der Waals surface area contributed by atoms with Crippen molar-refractivity contribution in [3.8, 4) is 11.3 Å². The van der Waals surface area contributed by atoms with Crippen molar-refractivity contribution in [1.29, 1.82) is 0 Å². The molecule has 11 rings (SSSR count). The Hall–Kier alpha value is -7.18. The summed E-state index contributed by atoms with van der Waals surface area (Å²) in [5, 5.41) is 16.3. The molecule has 8 heterocycles. The number of piperidine rings is 2. The molecule has 70 heavy (non-hydrogen) atoms. The summed E-state index contributed by atoms with van der Waals surface area (Å²) in [4.78, 5) is 97.6. The van der Waals surface area contributed by atoms with Gasteiger partial charge in [0, 0.05) is 118 Å². The number of anilines is 5. The van der Waals surface area contributed by atoms with E-state index in [-0.39, 0.29) is 53.8 Å². The lowest BCUT2D eigenvalue weighted by Crippen LogP contribution is -2.55. The van der Waals surface area contributed by atoms with Crippen LogP contribution in [0.5, 0.6) is 0 Å². The fraction of sp³-hybridized carbons (Fsp3) is 0.423. The maximum absolute atomic E-state index is 14.0. The van der Waals surface area contributed by atoms with Gasteiger partial charge in [0.15, 0.2) is 5.82 Å². The lowest BCUT2D eigenvalue weighted by atomic mass is 9.90. The predicted molar refractivity (Wildman–Crippen MR) is 262 cm³/mol. The Bertz CT molecular complexity index is 3060. The highest BCUT2D eigenvalue weighted by molar-refractivity contribution is 6.23. The summed E-state index contributed by atoms with van der Waals surface area (Å²) < 4.78 is 3.62. The Labute approximate surface area is 404 Å². The SMILES string of the molecule is C[C@H]1CC(N2CCN(c3ccc4c(c3)C(=O)N(C3CCC(=O)NC3=O)C4=O)CC2)CCN1c1ccc(Nc2nc(-c3ccnc(N4CCn5c(cc6c5CC(C)(C)C6)C4=O)c3CO)cn(C)c2=O)cc1. The maximum atomic E-state index is 14.0. The van der Waals surface area contributed by atoms with Crippen LogP contribution < -0.4 is 30.9 Å². The number of aliphatic hydroxyl groups is 1. The van der Waals surface area contributed by atoms with Gasteiger partial charge in [-0.25, -0.2) is 9.97 Å². The van der Waals surface area contributed by atoms with Crippen LogP contribution in [-0.4, -0.2) is 121 Å². The fourth-order valence-corrected chi connectivity index (χ4v) is 11.8. The molecule has 18 heteroatoms. The van der Waals surface area contributed by atoms with E-state index < -0.39 is 29.7 Å². The van der Waals surface area contributed by atoms with Crippen LogP contribution in [0.15, 0.2) is 71.8 Å². The number of aryl methyl sites for hydroxylation is 1. The van der Waals surface area contributed by atoms with Crippen LogP contribution in [0.4, 0.5) is 28.7 Å². The number of aromatic nitrogens is 4. The van der Waals surface area contributed by atoms with Crippen molar-refractivity contribution < 1.29 is 29.1 Å². The molecular formula is C52H57N11O7. The summed E-state index contributed by atoms with van der Waals surface area (Å²) in [5.74, 6) is -1.66. The molecule has 0 spiro atoms. The highest BCUT2D eigenvalue weighted by Gasteiger charge is 2.45. The molecule has 0 saturated carbocycles. The van der Waals surface area contributed by atoms with Crippen LogP contribution in [0.25, 0.3) is 11.3 Å². The summed E-state index contributed by atoms with van der Waals surface area (Å²) in [5.41, 5.74) is 7.68. The first-order valence-electron chi connectivity index (χ1n) is 24.3. The second kappa shape index (κ2) is 17.3. The summed E-state index contributed by atoms with van der Waals surface area (Å²) in [7, 11) is 1.67. The molecule has 0 bridgehead atoms. The third-order valence-electron chi connectivity index (χ3n) is 15.3. The van der Waals surface area contributed by atoms with Crippen LogP contribution in [-0.2, 0) is 42.6 Å². The minimum atomic E-state index is -0.993. The normalized spacial score (nSPS) is 22.4. The van der Waals surface area contributed by atoms with Crippen molar-refractivity contribution in [2.75, 3.05) is 59.3 Å². The Balaban J connectivity index is 0.718. The summed E-state index contributed by atoms with van der Waals surface area (Å²) in [6.07, 6.45) is 7.30. The maximum Gasteiger partial charge on any atom is 0.293 e. The molecule has 3 N–H and O–H groups in total. The molecule has 3 fully saturated rings. The predicted octanol–water partition coefficient (Wildman–Crippen LogP) is 4.25. The van der Waals surface area contributed by atoms with Crippen molar-refractivity contribution >= 4 is 58.2 Å². The van der Waals surface area contributed by atoms with Gasteiger partial charge >= 0.3 is 0 Å². The Morgan fingerprint density at radius 1 is 0.814 bits per heavy atom. The number of rotatable bonds is 9. The van der Waals surface area contributed by atoms with Gasteiger partial charge in [-0.2, -0.15) is 0 Å². The molecule has 3 saturated heterocycles. The molecule has 1 aliphatic carbocycles. The van der Waals surface area contributed by atoms with E-state index in [0.717, 1.165) is 74.7 Å². The van der Waals surface area contributed by atoms with Crippen LogP contribution in [0.1, 0.15) is 94.5 Å². The number of nitrogens with one attached hydrogen (secondary N) is 2. The van der Waals surface area contributed by atoms with E-state index in [1.165, 1.54) is 15.8 Å². The molecule has 18 nitrogen and oxygen atoms in total. The monoisotopic (exact) mass is 947 g/mol. The molecule has 5 aliphatic heterocycles. The first kappa shape index (κ1) is 45.3. The topological polar surface area (TPSA) is 199 Å². The third-order valence-corrected chi connectivity index (χ3v) is 15.3. The second-order valence-electron chi connectivity index (χ2n) is 20.4. The van der Waals surface area contributed by atoms with Crippen LogP contribution >= 0.6 is 0 Å². The third kappa shape index (κ3) is 7.82. The van der Waals surface area contributed by atoms with Crippen LogP contribution in [0.3, 0.4) is 0 Å². The first-order valence-corrected chi connectivity index (χ1v) is 24.3. The molecular weight excluding hydrogens is 891 g/mol. The smallest absolute Gasteiger partial charge is 0.293 e. The standard InChI is InChI=1S/C52H57N11O7/c1-30-23-35(59-19-17-58(18-20-59)34-9-10-37-38(25-34)49(68)63(48(37)67)41-11-12-44(65)56-47(41)66)14-16-60(30)33-7-5-32(6-8-33)54-45-51(70)57(4)28-40(55-45)36-13-15-53-46(39(36)29-64)62-22-21-61-42(50(62)69)24-31-26-52(2,3)27-43(31)61/h5-10,13,15,24-25,28,30,35,41,64H,11-12,14,16-23,26-27,29H2,1-4H3,(H,54,55)(H,56,65,66)/t30-,35?,41?/m0/s1. The molecule has 0 radical (unpaired) electrons. The zero-order chi connectivity index (χ0) is 48.7. The van der Waals surface area contributed by atoms with E-state index in [1.54, 1.807) is 42.5 Å². The van der Waals surface area contributed by atoms with Crippen molar-refractivity contribution in [2.45, 2.75) is 90.6 Å². The number of piperazine rings is 1. The van der Waals surface area contributed by atoms with Gasteiger partial charge in [0.25, 0.3) is 23.3 Å². The Morgan fingerprint density at radius 3 is 2.31 bits per heavy atom. The number of carbonyl (C=O) groups is 5. The largest absolute Gasteiger partial charge is 0.392 e. The molecule has 2 unspecified atom stereocenters. The zero-order valence-corrected chi connectivity index (χ0v) is 39.9. The van der Waals surface area contributed by atoms with E-state index >= 15 is 0 Å². The lowest BCUT2D eigenvalue weighted by molar-refractivity contribution is -0.136. The van der Waals surface area contributed by atoms with E-state index in [1.807, 2.05) is 24.3 Å². The van der Waals surface area contributed by atoms with E-state index in [0.29, 0.717) is 58.7 Å². The van der Waals surface area contributed by atoms with Gasteiger partial charge in [-0.05, 0) is 105 Å².